The Morgan fingerprint density at radius 1 is 1.35 bits per heavy atom. The first kappa shape index (κ1) is 14.4. The summed E-state index contributed by atoms with van der Waals surface area (Å²) in [7, 11) is 0. The molecule has 0 spiro atoms. The minimum atomic E-state index is -1.22. The smallest absolute Gasteiger partial charge is 0.307 e. The monoisotopic (exact) mass is 284 g/mol. The highest BCUT2D eigenvalue weighted by Crippen LogP contribution is 2.28. The van der Waals surface area contributed by atoms with Crippen molar-refractivity contribution in [3.8, 4) is 0 Å². The highest BCUT2D eigenvalue weighted by molar-refractivity contribution is 5.94. The molecule has 1 aliphatic rings. The van der Waals surface area contributed by atoms with Gasteiger partial charge in [0.05, 0.1) is 16.6 Å². The summed E-state index contributed by atoms with van der Waals surface area (Å²) >= 11 is 0. The number of carbonyl (C=O) groups is 1. The Balaban J connectivity index is 2.01. The average Bonchev–Trinajstić information content (AvgIpc) is 2.34. The number of rotatable bonds is 5. The van der Waals surface area contributed by atoms with Gasteiger partial charge in [0.25, 0.3) is 5.91 Å². The van der Waals surface area contributed by atoms with Gasteiger partial charge < -0.3 is 5.32 Å². The maximum absolute atomic E-state index is 13.6. The van der Waals surface area contributed by atoms with Gasteiger partial charge in [-0.05, 0) is 18.4 Å². The second-order valence-electron chi connectivity index (χ2n) is 4.88. The summed E-state index contributed by atoms with van der Waals surface area (Å²) in [6.07, 6.45) is 4.27. The molecule has 2 rings (SSSR count). The number of hydrogen-bond donors (Lipinski definition) is 1. The Hall–Kier alpha value is -2.05. The molecular formula is C13H14F2N2O3. The molecule has 5 nitrogen and oxygen atoms in total. The van der Waals surface area contributed by atoms with Crippen molar-refractivity contribution in [2.45, 2.75) is 25.7 Å². The van der Waals surface area contributed by atoms with Crippen LogP contribution in [-0.2, 0) is 0 Å². The van der Waals surface area contributed by atoms with Crippen LogP contribution < -0.4 is 5.32 Å². The largest absolute Gasteiger partial charge is 0.352 e. The minimum absolute atomic E-state index is 0.390. The lowest BCUT2D eigenvalue weighted by Crippen LogP contribution is -2.28. The van der Waals surface area contributed by atoms with Gasteiger partial charge in [0.1, 0.15) is 5.82 Å². The molecule has 1 saturated carbocycles. The van der Waals surface area contributed by atoms with Gasteiger partial charge >= 0.3 is 5.69 Å². The summed E-state index contributed by atoms with van der Waals surface area (Å²) in [6.45, 7) is 0.390. The molecule has 0 aliphatic heterocycles. The van der Waals surface area contributed by atoms with Crippen LogP contribution in [0.15, 0.2) is 12.1 Å². The lowest BCUT2D eigenvalue weighted by molar-refractivity contribution is -0.387. The first-order valence-electron chi connectivity index (χ1n) is 6.40. The van der Waals surface area contributed by atoms with Crippen LogP contribution in [0.25, 0.3) is 0 Å². The number of hydrogen-bond acceptors (Lipinski definition) is 3. The number of nitrogens with zero attached hydrogens (tertiary/aromatic N) is 1. The van der Waals surface area contributed by atoms with E-state index in [1.165, 1.54) is 6.42 Å². The van der Waals surface area contributed by atoms with Gasteiger partial charge in [-0.25, -0.2) is 4.39 Å². The molecule has 0 heterocycles. The Labute approximate surface area is 114 Å². The van der Waals surface area contributed by atoms with Crippen molar-refractivity contribution in [3.05, 3.63) is 39.4 Å². The van der Waals surface area contributed by atoms with E-state index in [9.17, 15) is 23.7 Å². The third-order valence-corrected chi connectivity index (χ3v) is 3.54. The molecule has 0 radical (unpaired) electrons. The van der Waals surface area contributed by atoms with Gasteiger partial charge in [0.15, 0.2) is 0 Å². The van der Waals surface area contributed by atoms with Crippen LogP contribution in [0.4, 0.5) is 14.5 Å². The maximum Gasteiger partial charge on any atom is 0.307 e. The summed E-state index contributed by atoms with van der Waals surface area (Å²) in [6, 6.07) is 0.988. The van der Waals surface area contributed by atoms with Crippen LogP contribution in [0, 0.1) is 27.7 Å². The van der Waals surface area contributed by atoms with Crippen molar-refractivity contribution in [1.29, 1.82) is 0 Å². The zero-order valence-corrected chi connectivity index (χ0v) is 10.7. The van der Waals surface area contributed by atoms with E-state index in [1.54, 1.807) is 0 Å². The highest BCUT2D eigenvalue weighted by Gasteiger charge is 2.22. The van der Waals surface area contributed by atoms with Crippen molar-refractivity contribution in [1.82, 2.24) is 5.32 Å². The van der Waals surface area contributed by atoms with Crippen LogP contribution in [-0.4, -0.2) is 17.4 Å². The van der Waals surface area contributed by atoms with Crippen LogP contribution in [0.3, 0.4) is 0 Å². The standard InChI is InChI=1S/C13H14F2N2O3/c14-10-7-12(17(19)20)11(15)6-9(10)13(18)16-5-4-8-2-1-3-8/h6-8H,1-5H2,(H,16,18). The Kier molecular flexibility index (Phi) is 4.26. The second-order valence-corrected chi connectivity index (χ2v) is 4.88. The summed E-state index contributed by atoms with van der Waals surface area (Å²) in [5.41, 5.74) is -1.49. The molecule has 1 amide bonds. The predicted molar refractivity (Wildman–Crippen MR) is 67.3 cm³/mol. The Bertz CT molecular complexity index is 545. The van der Waals surface area contributed by atoms with E-state index in [2.05, 4.69) is 5.32 Å². The average molecular weight is 284 g/mol. The molecule has 1 aromatic rings. The molecule has 1 N–H and O–H groups in total. The molecule has 1 fully saturated rings. The van der Waals surface area contributed by atoms with Crippen molar-refractivity contribution in [3.63, 3.8) is 0 Å². The van der Waals surface area contributed by atoms with E-state index < -0.39 is 33.7 Å². The first-order chi connectivity index (χ1) is 9.49. The third kappa shape index (κ3) is 3.09. The molecule has 1 aliphatic carbocycles. The van der Waals surface area contributed by atoms with E-state index in [4.69, 9.17) is 0 Å². The molecule has 108 valence electrons. The quantitative estimate of drug-likeness (QED) is 0.667. The van der Waals surface area contributed by atoms with Crippen molar-refractivity contribution < 1.29 is 18.5 Å². The van der Waals surface area contributed by atoms with Crippen LogP contribution in [0.5, 0.6) is 0 Å². The lowest BCUT2D eigenvalue weighted by atomic mass is 9.83. The number of nitro groups is 1. The topological polar surface area (TPSA) is 72.2 Å². The van der Waals surface area contributed by atoms with E-state index in [-0.39, 0.29) is 0 Å². The molecule has 0 atom stereocenters. The fourth-order valence-electron chi connectivity index (χ4n) is 2.12. The normalized spacial score (nSPS) is 14.7. The fourth-order valence-corrected chi connectivity index (χ4v) is 2.12. The number of benzene rings is 1. The zero-order chi connectivity index (χ0) is 14.7. The second kappa shape index (κ2) is 5.94. The van der Waals surface area contributed by atoms with Crippen LogP contribution in [0.2, 0.25) is 0 Å². The molecular weight excluding hydrogens is 270 g/mol. The van der Waals surface area contributed by atoms with Gasteiger partial charge in [-0.3, -0.25) is 14.9 Å². The molecule has 0 unspecified atom stereocenters. The van der Waals surface area contributed by atoms with Gasteiger partial charge in [-0.15, -0.1) is 0 Å². The number of nitro benzene ring substituents is 1. The molecule has 0 bridgehead atoms. The molecule has 0 aromatic heterocycles. The van der Waals surface area contributed by atoms with E-state index in [0.29, 0.717) is 24.6 Å². The lowest BCUT2D eigenvalue weighted by Gasteiger charge is -2.25. The van der Waals surface area contributed by atoms with E-state index in [0.717, 1.165) is 19.3 Å². The summed E-state index contributed by atoms with van der Waals surface area (Å²) < 4.78 is 26.9. The molecule has 7 heteroatoms. The van der Waals surface area contributed by atoms with Gasteiger partial charge in [0, 0.05) is 6.54 Å². The number of carbonyl (C=O) groups excluding carboxylic acids is 1. The highest BCUT2D eigenvalue weighted by atomic mass is 19.1. The van der Waals surface area contributed by atoms with E-state index >= 15 is 0 Å². The number of halogens is 2. The number of amides is 1. The Morgan fingerprint density at radius 2 is 2.05 bits per heavy atom. The molecule has 1 aromatic carbocycles. The zero-order valence-electron chi connectivity index (χ0n) is 10.7. The van der Waals surface area contributed by atoms with Crippen molar-refractivity contribution in [2.75, 3.05) is 6.54 Å². The van der Waals surface area contributed by atoms with Crippen LogP contribution in [0.1, 0.15) is 36.0 Å². The van der Waals surface area contributed by atoms with Crippen molar-refractivity contribution >= 4 is 11.6 Å². The van der Waals surface area contributed by atoms with Gasteiger partial charge in [-0.1, -0.05) is 19.3 Å². The molecule has 0 saturated heterocycles. The SMILES string of the molecule is O=C(NCCC1CCC1)c1cc(F)c([N+](=O)[O-])cc1F. The molecule has 20 heavy (non-hydrogen) atoms. The van der Waals surface area contributed by atoms with E-state index in [1.807, 2.05) is 0 Å². The van der Waals surface area contributed by atoms with Gasteiger partial charge in [-0.2, -0.15) is 4.39 Å². The fraction of sp³-hybridized carbons (Fsp3) is 0.462. The first-order valence-corrected chi connectivity index (χ1v) is 6.40. The number of nitrogens with one attached hydrogen (secondary N) is 1. The predicted octanol–water partition coefficient (Wildman–Crippen LogP) is 2.79. The van der Waals surface area contributed by atoms with Crippen LogP contribution >= 0.6 is 0 Å². The minimum Gasteiger partial charge on any atom is -0.352 e. The summed E-state index contributed by atoms with van der Waals surface area (Å²) in [4.78, 5) is 21.1. The third-order valence-electron chi connectivity index (χ3n) is 3.54. The maximum atomic E-state index is 13.6. The summed E-state index contributed by atoms with van der Waals surface area (Å²) in [5.74, 6) is -2.48. The summed E-state index contributed by atoms with van der Waals surface area (Å²) in [5, 5.41) is 12.9. The van der Waals surface area contributed by atoms with Gasteiger partial charge in [0.2, 0.25) is 5.82 Å². The Morgan fingerprint density at radius 3 is 2.60 bits per heavy atom. The van der Waals surface area contributed by atoms with Crippen molar-refractivity contribution in [2.24, 2.45) is 5.92 Å².